The largest absolute Gasteiger partial charge is 0.396 e. The van der Waals surface area contributed by atoms with Crippen molar-refractivity contribution in [2.24, 2.45) is 0 Å². The van der Waals surface area contributed by atoms with E-state index >= 15 is 0 Å². The second kappa shape index (κ2) is 5.11. The van der Waals surface area contributed by atoms with Crippen LogP contribution in [0.25, 0.3) is 0 Å². The Labute approximate surface area is 124 Å². The number of nitrogen functional groups attached to an aromatic ring is 1. The van der Waals surface area contributed by atoms with Gasteiger partial charge in [-0.15, -0.1) is 11.3 Å². The van der Waals surface area contributed by atoms with Gasteiger partial charge in [0.25, 0.3) is 0 Å². The fourth-order valence-electron chi connectivity index (χ4n) is 1.44. The number of ketones is 1. The van der Waals surface area contributed by atoms with Gasteiger partial charge in [-0.3, -0.25) is 4.79 Å². The van der Waals surface area contributed by atoms with Gasteiger partial charge in [0.2, 0.25) is 5.78 Å². The van der Waals surface area contributed by atoms with Crippen molar-refractivity contribution >= 4 is 54.7 Å². The average molecular weight is 393 g/mol. The van der Waals surface area contributed by atoms with Gasteiger partial charge in [0, 0.05) is 10.0 Å². The minimum Gasteiger partial charge on any atom is -0.396 e. The van der Waals surface area contributed by atoms with Gasteiger partial charge in [0.05, 0.1) is 14.4 Å². The van der Waals surface area contributed by atoms with Crippen molar-refractivity contribution < 1.29 is 9.18 Å². The van der Waals surface area contributed by atoms with Gasteiger partial charge in [-0.25, -0.2) is 4.39 Å². The fraction of sp³-hybridized carbons (Fsp3) is 0.0833. The van der Waals surface area contributed by atoms with Gasteiger partial charge in [-0.2, -0.15) is 0 Å². The summed E-state index contributed by atoms with van der Waals surface area (Å²) in [6.07, 6.45) is 0. The molecule has 0 aliphatic rings. The van der Waals surface area contributed by atoms with Gasteiger partial charge in [-0.1, -0.05) is 0 Å². The van der Waals surface area contributed by atoms with Crippen molar-refractivity contribution in [2.75, 3.05) is 5.73 Å². The molecule has 0 fully saturated rings. The zero-order chi connectivity index (χ0) is 13.4. The van der Waals surface area contributed by atoms with Gasteiger partial charge < -0.3 is 5.73 Å². The highest BCUT2D eigenvalue weighted by Gasteiger charge is 2.18. The van der Waals surface area contributed by atoms with Gasteiger partial charge in [-0.05, 0) is 62.5 Å². The molecule has 0 saturated heterocycles. The summed E-state index contributed by atoms with van der Waals surface area (Å²) < 4.78 is 14.5. The van der Waals surface area contributed by atoms with Crippen molar-refractivity contribution in [3.05, 3.63) is 48.3 Å². The van der Waals surface area contributed by atoms with E-state index in [0.29, 0.717) is 14.9 Å². The van der Waals surface area contributed by atoms with Gasteiger partial charge in [0.15, 0.2) is 0 Å². The first kappa shape index (κ1) is 13.7. The van der Waals surface area contributed by atoms with E-state index < -0.39 is 5.82 Å². The Balaban J connectivity index is 2.49. The smallest absolute Gasteiger partial charge is 0.204 e. The molecule has 0 atom stereocenters. The molecule has 2 N–H and O–H groups in total. The van der Waals surface area contributed by atoms with Crippen molar-refractivity contribution in [1.29, 1.82) is 0 Å². The second-order valence-electron chi connectivity index (χ2n) is 3.75. The number of benzene rings is 1. The average Bonchev–Trinajstić information content (AvgIpc) is 2.63. The molecule has 18 heavy (non-hydrogen) atoms. The van der Waals surface area contributed by atoms with Crippen LogP contribution >= 0.6 is 43.2 Å². The summed E-state index contributed by atoms with van der Waals surface area (Å²) >= 11 is 7.90. The SMILES string of the molecule is Cc1cc(C(=O)c2cc(N)c(F)cc2Br)sc1Br. The highest BCUT2D eigenvalue weighted by Crippen LogP contribution is 2.31. The Hall–Kier alpha value is -0.720. The minimum absolute atomic E-state index is 0.0334. The molecule has 2 aromatic rings. The van der Waals surface area contributed by atoms with Crippen LogP contribution in [0.1, 0.15) is 20.8 Å². The molecular formula is C12H8Br2FNOS. The molecule has 0 unspecified atom stereocenters. The molecule has 1 aromatic heterocycles. The first-order valence-electron chi connectivity index (χ1n) is 4.95. The summed E-state index contributed by atoms with van der Waals surface area (Å²) in [5.74, 6) is -0.714. The summed E-state index contributed by atoms with van der Waals surface area (Å²) in [6.45, 7) is 1.91. The van der Waals surface area contributed by atoms with Crippen molar-refractivity contribution in [1.82, 2.24) is 0 Å². The summed E-state index contributed by atoms with van der Waals surface area (Å²) in [4.78, 5) is 12.9. The highest BCUT2D eigenvalue weighted by molar-refractivity contribution is 9.11. The topological polar surface area (TPSA) is 43.1 Å². The van der Waals surface area contributed by atoms with Gasteiger partial charge >= 0.3 is 0 Å². The van der Waals surface area contributed by atoms with Crippen LogP contribution in [0.15, 0.2) is 26.5 Å². The molecule has 0 saturated carbocycles. The third kappa shape index (κ3) is 2.50. The Morgan fingerprint density at radius 1 is 1.33 bits per heavy atom. The number of hydrogen-bond donors (Lipinski definition) is 1. The number of carbonyl (C=O) groups excluding carboxylic acids is 1. The maximum atomic E-state index is 13.2. The third-order valence-electron chi connectivity index (χ3n) is 2.41. The molecule has 0 bridgehead atoms. The number of anilines is 1. The van der Waals surface area contributed by atoms with Crippen molar-refractivity contribution in [3.63, 3.8) is 0 Å². The van der Waals surface area contributed by atoms with Crippen LogP contribution in [0.2, 0.25) is 0 Å². The molecule has 0 radical (unpaired) electrons. The number of aryl methyl sites for hydroxylation is 1. The maximum absolute atomic E-state index is 13.2. The second-order valence-corrected chi connectivity index (χ2v) is 6.97. The predicted molar refractivity (Wildman–Crippen MR) is 78.7 cm³/mol. The van der Waals surface area contributed by atoms with Crippen LogP contribution in [0.3, 0.4) is 0 Å². The lowest BCUT2D eigenvalue weighted by molar-refractivity contribution is 0.104. The quantitative estimate of drug-likeness (QED) is 0.602. The number of thiophene rings is 1. The Bertz CT molecular complexity index is 620. The van der Waals surface area contributed by atoms with Crippen LogP contribution in [-0.4, -0.2) is 5.78 Å². The number of carbonyl (C=O) groups is 1. The maximum Gasteiger partial charge on any atom is 0.204 e. The normalized spacial score (nSPS) is 10.7. The van der Waals surface area contributed by atoms with E-state index in [-0.39, 0.29) is 11.5 Å². The third-order valence-corrected chi connectivity index (χ3v) is 5.20. The number of rotatable bonds is 2. The van der Waals surface area contributed by atoms with Gasteiger partial charge in [0.1, 0.15) is 5.82 Å². The zero-order valence-corrected chi connectivity index (χ0v) is 13.2. The van der Waals surface area contributed by atoms with E-state index in [1.165, 1.54) is 23.5 Å². The lowest BCUT2D eigenvalue weighted by atomic mass is 10.1. The minimum atomic E-state index is -0.540. The number of hydrogen-bond acceptors (Lipinski definition) is 3. The molecule has 1 heterocycles. The van der Waals surface area contributed by atoms with Crippen LogP contribution < -0.4 is 5.73 Å². The molecule has 0 amide bonds. The fourth-order valence-corrected chi connectivity index (χ4v) is 3.43. The molecule has 1 aromatic carbocycles. The highest BCUT2D eigenvalue weighted by atomic mass is 79.9. The molecule has 0 spiro atoms. The summed E-state index contributed by atoms with van der Waals surface area (Å²) in [5.41, 5.74) is 6.81. The van der Waals surface area contributed by atoms with E-state index in [4.69, 9.17) is 5.73 Å². The predicted octanol–water partition coefficient (Wildman–Crippen LogP) is 4.53. The van der Waals surface area contributed by atoms with Crippen LogP contribution in [-0.2, 0) is 0 Å². The van der Waals surface area contributed by atoms with Crippen LogP contribution in [0, 0.1) is 12.7 Å². The molecule has 2 rings (SSSR count). The molecule has 2 nitrogen and oxygen atoms in total. The van der Waals surface area contributed by atoms with Crippen molar-refractivity contribution in [2.45, 2.75) is 6.92 Å². The van der Waals surface area contributed by atoms with E-state index in [1.807, 2.05) is 6.92 Å². The lowest BCUT2D eigenvalue weighted by Crippen LogP contribution is -2.03. The number of nitrogens with two attached hydrogens (primary N) is 1. The van der Waals surface area contributed by atoms with Crippen LogP contribution in [0.4, 0.5) is 10.1 Å². The first-order chi connectivity index (χ1) is 8.40. The first-order valence-corrected chi connectivity index (χ1v) is 7.35. The standard InChI is InChI=1S/C12H8Br2FNOS/c1-5-2-10(18-12(5)14)11(17)6-3-9(16)8(15)4-7(6)13/h2-4H,16H2,1H3. The Morgan fingerprint density at radius 2 is 2.00 bits per heavy atom. The summed E-state index contributed by atoms with van der Waals surface area (Å²) in [6, 6.07) is 4.35. The van der Waals surface area contributed by atoms with E-state index in [9.17, 15) is 9.18 Å². The van der Waals surface area contributed by atoms with Crippen molar-refractivity contribution in [3.8, 4) is 0 Å². The van der Waals surface area contributed by atoms with Crippen LogP contribution in [0.5, 0.6) is 0 Å². The molecule has 94 valence electrons. The lowest BCUT2D eigenvalue weighted by Gasteiger charge is -2.04. The van der Waals surface area contributed by atoms with E-state index in [2.05, 4.69) is 31.9 Å². The Morgan fingerprint density at radius 3 is 2.56 bits per heavy atom. The summed E-state index contributed by atoms with van der Waals surface area (Å²) in [7, 11) is 0. The summed E-state index contributed by atoms with van der Waals surface area (Å²) in [5, 5.41) is 0. The van der Waals surface area contributed by atoms with E-state index in [1.54, 1.807) is 6.07 Å². The molecular weight excluding hydrogens is 385 g/mol. The molecule has 0 aliphatic carbocycles. The molecule has 6 heteroatoms. The zero-order valence-electron chi connectivity index (χ0n) is 9.26. The number of halogens is 3. The monoisotopic (exact) mass is 391 g/mol. The molecule has 0 aliphatic heterocycles. The van der Waals surface area contributed by atoms with E-state index in [0.717, 1.165) is 9.35 Å². The Kier molecular flexibility index (Phi) is 3.89.